The highest BCUT2D eigenvalue weighted by Crippen LogP contribution is 2.24. The molecule has 0 atom stereocenters. The van der Waals surface area contributed by atoms with Crippen molar-refractivity contribution in [1.29, 1.82) is 0 Å². The van der Waals surface area contributed by atoms with Gasteiger partial charge in [-0.05, 0) is 59.7 Å². The summed E-state index contributed by atoms with van der Waals surface area (Å²) in [7, 11) is 0. The van der Waals surface area contributed by atoms with Crippen LogP contribution in [0.4, 0.5) is 10.1 Å². The fraction of sp³-hybridized carbons (Fsp3) is 0.105. The zero-order valence-corrected chi connectivity index (χ0v) is 14.6. The molecule has 0 spiro atoms. The summed E-state index contributed by atoms with van der Waals surface area (Å²) in [4.78, 5) is 11.9. The van der Waals surface area contributed by atoms with E-state index in [0.717, 1.165) is 15.2 Å². The summed E-state index contributed by atoms with van der Waals surface area (Å²) in [6.45, 7) is 1.53. The number of nitrogens with one attached hydrogen (secondary N) is 1. The first kappa shape index (κ1) is 16.5. The number of fused-ring (bicyclic) bond motifs is 1. The number of aryl methyl sites for hydroxylation is 1. The molecule has 0 aliphatic heterocycles. The van der Waals surface area contributed by atoms with E-state index >= 15 is 0 Å². The third-order valence-electron chi connectivity index (χ3n) is 3.60. The summed E-state index contributed by atoms with van der Waals surface area (Å²) in [5.74, 6) is -0.0846. The molecule has 3 nitrogen and oxygen atoms in total. The molecular formula is C19H15BrFNO2. The van der Waals surface area contributed by atoms with Crippen molar-refractivity contribution in [2.45, 2.75) is 6.92 Å². The normalized spacial score (nSPS) is 10.6. The van der Waals surface area contributed by atoms with Gasteiger partial charge < -0.3 is 10.1 Å². The topological polar surface area (TPSA) is 38.3 Å². The molecule has 0 fully saturated rings. The standard InChI is InChI=1S/C19H15BrFNO2/c1-12-2-6-16(10-18(12)21)22-19(23)11-24-17-7-4-13-8-15(20)5-3-14(13)9-17/h2-10H,11H2,1H3,(H,22,23). The van der Waals surface area contributed by atoms with E-state index < -0.39 is 0 Å². The van der Waals surface area contributed by atoms with E-state index in [0.29, 0.717) is 17.0 Å². The Balaban J connectivity index is 1.63. The number of hydrogen-bond donors (Lipinski definition) is 1. The molecule has 0 aromatic heterocycles. The molecule has 0 aliphatic carbocycles. The molecule has 0 saturated heterocycles. The summed E-state index contributed by atoms with van der Waals surface area (Å²) in [5.41, 5.74) is 0.946. The van der Waals surface area contributed by atoms with Crippen LogP contribution in [0.15, 0.2) is 59.1 Å². The Bertz CT molecular complexity index is 911. The summed E-state index contributed by atoms with van der Waals surface area (Å²) in [5, 5.41) is 4.72. The van der Waals surface area contributed by atoms with Crippen LogP contribution in [-0.4, -0.2) is 12.5 Å². The van der Waals surface area contributed by atoms with Crippen molar-refractivity contribution < 1.29 is 13.9 Å². The van der Waals surface area contributed by atoms with Gasteiger partial charge in [-0.25, -0.2) is 4.39 Å². The van der Waals surface area contributed by atoms with Gasteiger partial charge in [0.1, 0.15) is 11.6 Å². The van der Waals surface area contributed by atoms with Crippen LogP contribution in [0.3, 0.4) is 0 Å². The minimum atomic E-state index is -0.352. The van der Waals surface area contributed by atoms with Crippen molar-refractivity contribution in [2.75, 3.05) is 11.9 Å². The van der Waals surface area contributed by atoms with Crippen LogP contribution in [0.1, 0.15) is 5.56 Å². The maximum absolute atomic E-state index is 13.5. The summed E-state index contributed by atoms with van der Waals surface area (Å²) in [6.07, 6.45) is 0. The van der Waals surface area contributed by atoms with Gasteiger partial charge in [-0.2, -0.15) is 0 Å². The quantitative estimate of drug-likeness (QED) is 0.678. The average molecular weight is 388 g/mol. The van der Waals surface area contributed by atoms with E-state index in [9.17, 15) is 9.18 Å². The monoisotopic (exact) mass is 387 g/mol. The molecule has 1 amide bonds. The molecule has 0 heterocycles. The lowest BCUT2D eigenvalue weighted by Gasteiger charge is -2.09. The highest BCUT2D eigenvalue weighted by molar-refractivity contribution is 9.10. The van der Waals surface area contributed by atoms with Crippen LogP contribution in [0.25, 0.3) is 10.8 Å². The first-order chi connectivity index (χ1) is 11.5. The number of benzene rings is 3. The van der Waals surface area contributed by atoms with Crippen LogP contribution in [-0.2, 0) is 4.79 Å². The molecule has 0 radical (unpaired) electrons. The Hall–Kier alpha value is -2.40. The molecule has 3 aromatic rings. The first-order valence-corrected chi connectivity index (χ1v) is 8.19. The zero-order chi connectivity index (χ0) is 17.1. The minimum absolute atomic E-state index is 0.141. The van der Waals surface area contributed by atoms with Crippen molar-refractivity contribution in [3.8, 4) is 5.75 Å². The predicted octanol–water partition coefficient (Wildman–Crippen LogP) is 5.07. The smallest absolute Gasteiger partial charge is 0.262 e. The number of rotatable bonds is 4. The van der Waals surface area contributed by atoms with Crippen molar-refractivity contribution in [1.82, 2.24) is 0 Å². The van der Waals surface area contributed by atoms with Gasteiger partial charge in [0.05, 0.1) is 0 Å². The lowest BCUT2D eigenvalue weighted by atomic mass is 10.1. The van der Waals surface area contributed by atoms with Crippen LogP contribution in [0.5, 0.6) is 5.75 Å². The summed E-state index contributed by atoms with van der Waals surface area (Å²) in [6, 6.07) is 16.1. The minimum Gasteiger partial charge on any atom is -0.484 e. The first-order valence-electron chi connectivity index (χ1n) is 7.39. The molecule has 3 aromatic carbocycles. The van der Waals surface area contributed by atoms with Gasteiger partial charge in [0.25, 0.3) is 5.91 Å². The zero-order valence-electron chi connectivity index (χ0n) is 13.0. The van der Waals surface area contributed by atoms with Crippen molar-refractivity contribution in [3.05, 3.63) is 70.5 Å². The predicted molar refractivity (Wildman–Crippen MR) is 96.9 cm³/mol. The van der Waals surface area contributed by atoms with E-state index in [1.54, 1.807) is 19.1 Å². The Kier molecular flexibility index (Phi) is 4.81. The Morgan fingerprint density at radius 2 is 1.83 bits per heavy atom. The molecular weight excluding hydrogens is 373 g/mol. The second-order valence-electron chi connectivity index (χ2n) is 5.45. The van der Waals surface area contributed by atoms with Crippen LogP contribution in [0, 0.1) is 12.7 Å². The van der Waals surface area contributed by atoms with Crippen LogP contribution in [0.2, 0.25) is 0 Å². The molecule has 3 rings (SSSR count). The summed E-state index contributed by atoms with van der Waals surface area (Å²) < 4.78 is 20.0. The maximum atomic E-state index is 13.5. The molecule has 122 valence electrons. The molecule has 0 bridgehead atoms. The fourth-order valence-corrected chi connectivity index (χ4v) is 2.68. The van der Waals surface area contributed by atoms with Gasteiger partial charge in [-0.1, -0.05) is 34.1 Å². The van der Waals surface area contributed by atoms with E-state index in [4.69, 9.17) is 4.74 Å². The Morgan fingerprint density at radius 3 is 2.62 bits per heavy atom. The molecule has 0 saturated carbocycles. The number of carbonyl (C=O) groups is 1. The highest BCUT2D eigenvalue weighted by atomic mass is 79.9. The van der Waals surface area contributed by atoms with Gasteiger partial charge in [0.2, 0.25) is 0 Å². The molecule has 5 heteroatoms. The van der Waals surface area contributed by atoms with E-state index in [1.165, 1.54) is 6.07 Å². The highest BCUT2D eigenvalue weighted by Gasteiger charge is 2.06. The Labute approximate surface area is 147 Å². The number of halogens is 2. The second kappa shape index (κ2) is 7.01. The van der Waals surface area contributed by atoms with Crippen molar-refractivity contribution in [2.24, 2.45) is 0 Å². The van der Waals surface area contributed by atoms with Crippen molar-refractivity contribution in [3.63, 3.8) is 0 Å². The van der Waals surface area contributed by atoms with E-state index in [-0.39, 0.29) is 18.3 Å². The maximum Gasteiger partial charge on any atom is 0.262 e. The number of hydrogen-bond acceptors (Lipinski definition) is 2. The van der Waals surface area contributed by atoms with E-state index in [1.807, 2.05) is 36.4 Å². The van der Waals surface area contributed by atoms with Gasteiger partial charge in [0, 0.05) is 10.2 Å². The molecule has 0 unspecified atom stereocenters. The lowest BCUT2D eigenvalue weighted by molar-refractivity contribution is -0.118. The number of ether oxygens (including phenoxy) is 1. The molecule has 0 aliphatic rings. The number of amides is 1. The van der Waals surface area contributed by atoms with Gasteiger partial charge >= 0.3 is 0 Å². The summed E-state index contributed by atoms with van der Waals surface area (Å²) >= 11 is 3.43. The van der Waals surface area contributed by atoms with Crippen LogP contribution >= 0.6 is 15.9 Å². The molecule has 24 heavy (non-hydrogen) atoms. The Morgan fingerprint density at radius 1 is 1.08 bits per heavy atom. The van der Waals surface area contributed by atoms with Gasteiger partial charge in [0.15, 0.2) is 6.61 Å². The molecule has 1 N–H and O–H groups in total. The SMILES string of the molecule is Cc1ccc(NC(=O)COc2ccc3cc(Br)ccc3c2)cc1F. The average Bonchev–Trinajstić information content (AvgIpc) is 2.56. The van der Waals surface area contributed by atoms with Gasteiger partial charge in [-0.15, -0.1) is 0 Å². The number of carbonyl (C=O) groups excluding carboxylic acids is 1. The third-order valence-corrected chi connectivity index (χ3v) is 4.09. The third kappa shape index (κ3) is 3.92. The number of anilines is 1. The van der Waals surface area contributed by atoms with Gasteiger partial charge in [-0.3, -0.25) is 4.79 Å². The lowest BCUT2D eigenvalue weighted by Crippen LogP contribution is -2.20. The largest absolute Gasteiger partial charge is 0.484 e. The van der Waals surface area contributed by atoms with Crippen LogP contribution < -0.4 is 10.1 Å². The fourth-order valence-electron chi connectivity index (χ4n) is 2.30. The second-order valence-corrected chi connectivity index (χ2v) is 6.37. The van der Waals surface area contributed by atoms with Crippen molar-refractivity contribution >= 4 is 38.3 Å². The van der Waals surface area contributed by atoms with E-state index in [2.05, 4.69) is 21.2 Å².